The Morgan fingerprint density at radius 1 is 1.20 bits per heavy atom. The second kappa shape index (κ2) is 5.97. The van der Waals surface area contributed by atoms with Crippen LogP contribution in [0.5, 0.6) is 11.5 Å². The largest absolute Gasteiger partial charge is 0.457 e. The van der Waals surface area contributed by atoms with Crippen molar-refractivity contribution in [1.29, 1.82) is 5.26 Å². The van der Waals surface area contributed by atoms with E-state index < -0.39 is 28.6 Å². The van der Waals surface area contributed by atoms with Gasteiger partial charge in [0.15, 0.2) is 9.84 Å². The Hall–Kier alpha value is -2.17. The zero-order chi connectivity index (χ0) is 18.4. The minimum absolute atomic E-state index is 0.0764. The van der Waals surface area contributed by atoms with Crippen LogP contribution in [-0.2, 0) is 22.7 Å². The van der Waals surface area contributed by atoms with Gasteiger partial charge in [0.2, 0.25) is 0 Å². The molecular formula is C17H12ClF2NO3S. The second-order valence-corrected chi connectivity index (χ2v) is 8.31. The fourth-order valence-corrected chi connectivity index (χ4v) is 4.06. The van der Waals surface area contributed by atoms with E-state index in [1.807, 2.05) is 6.07 Å². The van der Waals surface area contributed by atoms with Crippen molar-refractivity contribution in [3.05, 3.63) is 52.0 Å². The lowest BCUT2D eigenvalue weighted by Crippen LogP contribution is -2.15. The van der Waals surface area contributed by atoms with Gasteiger partial charge >= 0.3 is 0 Å². The molecule has 0 saturated carbocycles. The molecule has 0 N–H and O–H groups in total. The highest BCUT2D eigenvalue weighted by atomic mass is 35.5. The van der Waals surface area contributed by atoms with E-state index in [0.29, 0.717) is 0 Å². The summed E-state index contributed by atoms with van der Waals surface area (Å²) in [6.45, 7) is 0. The first-order valence-electron chi connectivity index (χ1n) is 7.20. The molecule has 0 radical (unpaired) electrons. The number of nitriles is 1. The molecule has 0 aromatic heterocycles. The van der Waals surface area contributed by atoms with Crippen LogP contribution in [0.2, 0.25) is 5.02 Å². The Morgan fingerprint density at radius 2 is 1.88 bits per heavy atom. The van der Waals surface area contributed by atoms with Crippen molar-refractivity contribution < 1.29 is 21.9 Å². The van der Waals surface area contributed by atoms with E-state index in [1.54, 1.807) is 0 Å². The van der Waals surface area contributed by atoms with Crippen LogP contribution in [0.25, 0.3) is 0 Å². The van der Waals surface area contributed by atoms with Crippen LogP contribution in [0, 0.1) is 11.3 Å². The van der Waals surface area contributed by atoms with E-state index >= 15 is 0 Å². The molecule has 1 aliphatic rings. The second-order valence-electron chi connectivity index (χ2n) is 5.89. The van der Waals surface area contributed by atoms with E-state index in [2.05, 4.69) is 0 Å². The Labute approximate surface area is 148 Å². The molecule has 130 valence electrons. The van der Waals surface area contributed by atoms with Gasteiger partial charge in [-0.1, -0.05) is 11.6 Å². The van der Waals surface area contributed by atoms with Crippen molar-refractivity contribution in [3.8, 4) is 17.6 Å². The molecule has 2 aromatic rings. The molecule has 0 heterocycles. The standard InChI is InChI=1S/C17H12ClF2NO3S/c1-25(22,23)16-3-2-15(13-7-17(19,20)8-14(13)16)24-12-5-10(9-21)4-11(18)6-12/h2-6H,7-8H2,1H3. The summed E-state index contributed by atoms with van der Waals surface area (Å²) in [6.07, 6.45) is -0.274. The molecule has 8 heteroatoms. The summed E-state index contributed by atoms with van der Waals surface area (Å²) in [7, 11) is -3.64. The maximum absolute atomic E-state index is 13.9. The van der Waals surface area contributed by atoms with E-state index in [4.69, 9.17) is 21.6 Å². The van der Waals surface area contributed by atoms with Crippen LogP contribution in [0.3, 0.4) is 0 Å². The number of hydrogen-bond donors (Lipinski definition) is 0. The van der Waals surface area contributed by atoms with Crippen LogP contribution in [0.4, 0.5) is 8.78 Å². The lowest BCUT2D eigenvalue weighted by Gasteiger charge is -2.13. The van der Waals surface area contributed by atoms with Gasteiger partial charge < -0.3 is 4.74 Å². The number of benzene rings is 2. The summed E-state index contributed by atoms with van der Waals surface area (Å²) in [6, 6.07) is 8.86. The van der Waals surface area contributed by atoms with Gasteiger partial charge in [-0.15, -0.1) is 0 Å². The molecule has 0 unspecified atom stereocenters. The van der Waals surface area contributed by atoms with Crippen molar-refractivity contribution in [2.75, 3.05) is 6.26 Å². The molecule has 0 spiro atoms. The molecule has 0 aliphatic heterocycles. The van der Waals surface area contributed by atoms with Crippen LogP contribution in [-0.4, -0.2) is 20.6 Å². The number of rotatable bonds is 3. The molecule has 0 bridgehead atoms. The maximum Gasteiger partial charge on any atom is 0.256 e. The van der Waals surface area contributed by atoms with Gasteiger partial charge in [0.25, 0.3) is 5.92 Å². The predicted octanol–water partition coefficient (Wildman–Crippen LogP) is 4.14. The van der Waals surface area contributed by atoms with Gasteiger partial charge in [0.1, 0.15) is 11.5 Å². The topological polar surface area (TPSA) is 67.2 Å². The predicted molar refractivity (Wildman–Crippen MR) is 88.1 cm³/mol. The third-order valence-electron chi connectivity index (χ3n) is 3.84. The molecule has 25 heavy (non-hydrogen) atoms. The lowest BCUT2D eigenvalue weighted by molar-refractivity contribution is 0.0125. The molecule has 0 atom stereocenters. The monoisotopic (exact) mass is 383 g/mol. The number of nitrogens with zero attached hydrogens (tertiary/aromatic N) is 1. The average Bonchev–Trinajstić information content (AvgIpc) is 2.80. The number of fused-ring (bicyclic) bond motifs is 1. The summed E-state index contributed by atoms with van der Waals surface area (Å²) >= 11 is 5.91. The van der Waals surface area contributed by atoms with Crippen LogP contribution >= 0.6 is 11.6 Å². The highest BCUT2D eigenvalue weighted by Crippen LogP contribution is 2.43. The smallest absolute Gasteiger partial charge is 0.256 e. The van der Waals surface area contributed by atoms with Gasteiger partial charge in [0.05, 0.1) is 16.5 Å². The van der Waals surface area contributed by atoms with Crippen molar-refractivity contribution in [2.24, 2.45) is 0 Å². The SMILES string of the molecule is CS(=O)(=O)c1ccc(Oc2cc(Cl)cc(C#N)c2)c2c1CC(F)(F)C2. The first-order valence-corrected chi connectivity index (χ1v) is 9.47. The minimum atomic E-state index is -3.64. The van der Waals surface area contributed by atoms with Crippen molar-refractivity contribution in [2.45, 2.75) is 23.7 Å². The Balaban J connectivity index is 2.10. The third-order valence-corrected chi connectivity index (χ3v) is 5.24. The normalized spacial score (nSPS) is 15.5. The Bertz CT molecular complexity index is 1010. The van der Waals surface area contributed by atoms with E-state index in [-0.39, 0.29) is 38.1 Å². The molecule has 2 aromatic carbocycles. The van der Waals surface area contributed by atoms with Crippen molar-refractivity contribution in [1.82, 2.24) is 0 Å². The fraction of sp³-hybridized carbons (Fsp3) is 0.235. The molecular weight excluding hydrogens is 372 g/mol. The number of ether oxygens (including phenoxy) is 1. The molecule has 4 nitrogen and oxygen atoms in total. The molecule has 0 saturated heterocycles. The highest BCUT2D eigenvalue weighted by Gasteiger charge is 2.41. The number of alkyl halides is 2. The first kappa shape index (κ1) is 17.6. The number of halogens is 3. The van der Waals surface area contributed by atoms with Gasteiger partial charge in [0, 0.05) is 29.7 Å². The summed E-state index contributed by atoms with van der Waals surface area (Å²) in [5.74, 6) is -2.69. The zero-order valence-corrected chi connectivity index (χ0v) is 14.6. The lowest BCUT2D eigenvalue weighted by atomic mass is 10.1. The highest BCUT2D eigenvalue weighted by molar-refractivity contribution is 7.90. The first-order chi connectivity index (χ1) is 11.6. The molecule has 0 fully saturated rings. The van der Waals surface area contributed by atoms with Crippen LogP contribution in [0.1, 0.15) is 16.7 Å². The maximum atomic E-state index is 13.9. The quantitative estimate of drug-likeness (QED) is 0.798. The summed E-state index contributed by atoms with van der Waals surface area (Å²) in [4.78, 5) is -0.115. The van der Waals surface area contributed by atoms with Gasteiger partial charge in [-0.25, -0.2) is 17.2 Å². The third kappa shape index (κ3) is 3.60. The van der Waals surface area contributed by atoms with Crippen LogP contribution < -0.4 is 4.74 Å². The summed E-state index contributed by atoms with van der Waals surface area (Å²) in [5, 5.41) is 9.24. The molecule has 3 rings (SSSR count). The number of sulfone groups is 1. The minimum Gasteiger partial charge on any atom is -0.457 e. The average molecular weight is 384 g/mol. The van der Waals surface area contributed by atoms with E-state index in [9.17, 15) is 17.2 Å². The van der Waals surface area contributed by atoms with Crippen molar-refractivity contribution in [3.63, 3.8) is 0 Å². The Morgan fingerprint density at radius 3 is 2.52 bits per heavy atom. The van der Waals surface area contributed by atoms with Gasteiger partial charge in [-0.05, 0) is 35.9 Å². The van der Waals surface area contributed by atoms with Gasteiger partial charge in [-0.3, -0.25) is 0 Å². The zero-order valence-electron chi connectivity index (χ0n) is 13.0. The van der Waals surface area contributed by atoms with Gasteiger partial charge in [-0.2, -0.15) is 5.26 Å². The number of hydrogen-bond acceptors (Lipinski definition) is 4. The Kier molecular flexibility index (Phi) is 4.21. The molecule has 0 amide bonds. The van der Waals surface area contributed by atoms with Crippen molar-refractivity contribution >= 4 is 21.4 Å². The summed E-state index contributed by atoms with van der Waals surface area (Å²) in [5.41, 5.74) is 0.496. The fourth-order valence-electron chi connectivity index (χ4n) is 2.87. The van der Waals surface area contributed by atoms with Crippen LogP contribution in [0.15, 0.2) is 35.2 Å². The molecule has 1 aliphatic carbocycles. The van der Waals surface area contributed by atoms with E-state index in [0.717, 1.165) is 6.26 Å². The summed E-state index contributed by atoms with van der Waals surface area (Å²) < 4.78 is 57.2. The van der Waals surface area contributed by atoms with E-state index in [1.165, 1.54) is 30.3 Å².